The maximum absolute atomic E-state index is 11.9. The molecule has 5 heteroatoms. The Balaban J connectivity index is 0.00000200. The lowest BCUT2D eigenvalue weighted by Crippen LogP contribution is -2.42. The molecule has 2 rings (SSSR count). The summed E-state index contributed by atoms with van der Waals surface area (Å²) in [5.41, 5.74) is 1.16. The summed E-state index contributed by atoms with van der Waals surface area (Å²) < 4.78 is 0. The molecule has 3 N–H and O–H groups in total. The molecule has 2 atom stereocenters. The summed E-state index contributed by atoms with van der Waals surface area (Å²) in [6.07, 6.45) is 2.65. The minimum absolute atomic E-state index is 0. The zero-order valence-electron chi connectivity index (χ0n) is 11.5. The van der Waals surface area contributed by atoms with Gasteiger partial charge in [0, 0.05) is 19.1 Å². The molecule has 1 aliphatic rings. The van der Waals surface area contributed by atoms with Gasteiger partial charge >= 0.3 is 0 Å². The minimum atomic E-state index is -0.0365. The number of rotatable bonds is 6. The first kappa shape index (κ1) is 17.0. The fourth-order valence-corrected chi connectivity index (χ4v) is 2.52. The Bertz CT molecular complexity index is 394. The van der Waals surface area contributed by atoms with E-state index < -0.39 is 0 Å². The zero-order chi connectivity index (χ0) is 13.5. The number of halogens is 1. The fourth-order valence-electron chi connectivity index (χ4n) is 2.52. The largest absolute Gasteiger partial charge is 0.396 e. The number of hydrogen-bond donors (Lipinski definition) is 3. The Kier molecular flexibility index (Phi) is 7.59. The quantitative estimate of drug-likeness (QED) is 0.745. The second-order valence-electron chi connectivity index (χ2n) is 5.01. The van der Waals surface area contributed by atoms with Crippen LogP contribution in [0.3, 0.4) is 0 Å². The van der Waals surface area contributed by atoms with Crippen molar-refractivity contribution in [1.29, 1.82) is 0 Å². The highest BCUT2D eigenvalue weighted by Crippen LogP contribution is 2.18. The highest BCUT2D eigenvalue weighted by atomic mass is 35.5. The van der Waals surface area contributed by atoms with E-state index in [0.717, 1.165) is 24.9 Å². The zero-order valence-corrected chi connectivity index (χ0v) is 12.4. The van der Waals surface area contributed by atoms with Crippen LogP contribution in [0.4, 0.5) is 0 Å². The van der Waals surface area contributed by atoms with E-state index in [1.807, 2.05) is 30.3 Å². The molecular formula is C15H23ClN2O2. The molecule has 1 saturated heterocycles. The molecule has 112 valence electrons. The number of benzene rings is 1. The first-order valence-electron chi connectivity index (χ1n) is 6.98. The third kappa shape index (κ3) is 4.78. The molecule has 0 aromatic heterocycles. The van der Waals surface area contributed by atoms with Crippen LogP contribution < -0.4 is 10.6 Å². The molecule has 0 bridgehead atoms. The SMILES string of the molecule is Cl.O=C(NCC(CCO)c1ccccc1)C1CCCN1. The average Bonchev–Trinajstić information content (AvgIpc) is 2.98. The molecule has 1 aliphatic heterocycles. The van der Waals surface area contributed by atoms with Crippen LogP contribution in [-0.2, 0) is 4.79 Å². The van der Waals surface area contributed by atoms with Gasteiger partial charge in [0.1, 0.15) is 0 Å². The van der Waals surface area contributed by atoms with Crippen molar-refractivity contribution in [3.05, 3.63) is 35.9 Å². The van der Waals surface area contributed by atoms with Crippen LogP contribution >= 0.6 is 12.4 Å². The van der Waals surface area contributed by atoms with Crippen molar-refractivity contribution >= 4 is 18.3 Å². The van der Waals surface area contributed by atoms with Crippen molar-refractivity contribution in [2.75, 3.05) is 19.7 Å². The normalized spacial score (nSPS) is 19.1. The topological polar surface area (TPSA) is 61.4 Å². The van der Waals surface area contributed by atoms with Crippen LogP contribution in [0, 0.1) is 0 Å². The van der Waals surface area contributed by atoms with Gasteiger partial charge in [-0.05, 0) is 31.4 Å². The highest BCUT2D eigenvalue weighted by molar-refractivity contribution is 5.85. The summed E-state index contributed by atoms with van der Waals surface area (Å²) in [7, 11) is 0. The molecule has 1 heterocycles. The second kappa shape index (κ2) is 8.95. The summed E-state index contributed by atoms with van der Waals surface area (Å²) in [5.74, 6) is 0.257. The van der Waals surface area contributed by atoms with Crippen LogP contribution in [0.15, 0.2) is 30.3 Å². The first-order valence-corrected chi connectivity index (χ1v) is 6.98. The number of hydrogen-bond acceptors (Lipinski definition) is 3. The van der Waals surface area contributed by atoms with Gasteiger partial charge in [0.25, 0.3) is 0 Å². The number of amides is 1. The number of aliphatic hydroxyl groups excluding tert-OH is 1. The van der Waals surface area contributed by atoms with Gasteiger partial charge in [-0.2, -0.15) is 0 Å². The molecule has 0 aliphatic carbocycles. The van der Waals surface area contributed by atoms with Crippen molar-refractivity contribution in [1.82, 2.24) is 10.6 Å². The molecule has 0 spiro atoms. The van der Waals surface area contributed by atoms with Crippen molar-refractivity contribution in [2.24, 2.45) is 0 Å². The molecule has 1 fully saturated rings. The summed E-state index contributed by atoms with van der Waals surface area (Å²) in [5, 5.41) is 15.3. The van der Waals surface area contributed by atoms with Crippen molar-refractivity contribution < 1.29 is 9.90 Å². The van der Waals surface area contributed by atoms with E-state index >= 15 is 0 Å². The summed E-state index contributed by atoms with van der Waals surface area (Å²) in [6.45, 7) is 1.65. The van der Waals surface area contributed by atoms with E-state index in [-0.39, 0.29) is 36.9 Å². The Morgan fingerprint density at radius 2 is 2.15 bits per heavy atom. The van der Waals surface area contributed by atoms with Gasteiger partial charge in [0.2, 0.25) is 5.91 Å². The monoisotopic (exact) mass is 298 g/mol. The molecule has 1 amide bonds. The Labute approximate surface area is 126 Å². The lowest BCUT2D eigenvalue weighted by atomic mass is 9.96. The molecule has 1 aromatic rings. The maximum Gasteiger partial charge on any atom is 0.237 e. The average molecular weight is 299 g/mol. The summed E-state index contributed by atoms with van der Waals surface area (Å²) >= 11 is 0. The predicted molar refractivity (Wildman–Crippen MR) is 82.2 cm³/mol. The standard InChI is InChI=1S/C15H22N2O2.ClH/c18-10-8-13(12-5-2-1-3-6-12)11-17-15(19)14-7-4-9-16-14;/h1-3,5-6,13-14,16,18H,4,7-11H2,(H,17,19);1H. The Morgan fingerprint density at radius 1 is 1.40 bits per heavy atom. The van der Waals surface area contributed by atoms with E-state index in [9.17, 15) is 4.79 Å². The van der Waals surface area contributed by atoms with Crippen molar-refractivity contribution in [3.8, 4) is 0 Å². The number of nitrogens with one attached hydrogen (secondary N) is 2. The van der Waals surface area contributed by atoms with Crippen LogP contribution in [0.2, 0.25) is 0 Å². The smallest absolute Gasteiger partial charge is 0.237 e. The lowest BCUT2D eigenvalue weighted by Gasteiger charge is -2.18. The number of aliphatic hydroxyl groups is 1. The third-order valence-corrected chi connectivity index (χ3v) is 3.65. The Hall–Kier alpha value is -1.10. The molecule has 0 radical (unpaired) electrons. The molecular weight excluding hydrogens is 276 g/mol. The molecule has 1 aromatic carbocycles. The van der Waals surface area contributed by atoms with Crippen molar-refractivity contribution in [2.45, 2.75) is 31.2 Å². The van der Waals surface area contributed by atoms with E-state index in [0.29, 0.717) is 13.0 Å². The Morgan fingerprint density at radius 3 is 2.75 bits per heavy atom. The van der Waals surface area contributed by atoms with Gasteiger partial charge in [-0.1, -0.05) is 30.3 Å². The number of carbonyl (C=O) groups excluding carboxylic acids is 1. The van der Waals surface area contributed by atoms with Gasteiger partial charge in [0.05, 0.1) is 6.04 Å². The van der Waals surface area contributed by atoms with Crippen molar-refractivity contribution in [3.63, 3.8) is 0 Å². The predicted octanol–water partition coefficient (Wildman–Crippen LogP) is 1.44. The van der Waals surface area contributed by atoms with E-state index in [2.05, 4.69) is 10.6 Å². The lowest BCUT2D eigenvalue weighted by molar-refractivity contribution is -0.122. The molecule has 20 heavy (non-hydrogen) atoms. The van der Waals surface area contributed by atoms with E-state index in [4.69, 9.17) is 5.11 Å². The van der Waals surface area contributed by atoms with Gasteiger partial charge in [-0.15, -0.1) is 12.4 Å². The second-order valence-corrected chi connectivity index (χ2v) is 5.01. The fraction of sp³-hybridized carbons (Fsp3) is 0.533. The van der Waals surface area contributed by atoms with Gasteiger partial charge < -0.3 is 15.7 Å². The number of carbonyl (C=O) groups is 1. The molecule has 0 saturated carbocycles. The van der Waals surface area contributed by atoms with E-state index in [1.165, 1.54) is 0 Å². The third-order valence-electron chi connectivity index (χ3n) is 3.65. The molecule has 2 unspecified atom stereocenters. The summed E-state index contributed by atoms with van der Waals surface area (Å²) in [4.78, 5) is 11.9. The van der Waals surface area contributed by atoms with Crippen LogP contribution in [0.1, 0.15) is 30.7 Å². The van der Waals surface area contributed by atoms with Crippen LogP contribution in [-0.4, -0.2) is 36.8 Å². The highest BCUT2D eigenvalue weighted by Gasteiger charge is 2.22. The van der Waals surface area contributed by atoms with E-state index in [1.54, 1.807) is 0 Å². The van der Waals surface area contributed by atoms with Gasteiger partial charge in [0.15, 0.2) is 0 Å². The van der Waals surface area contributed by atoms with Gasteiger partial charge in [-0.25, -0.2) is 0 Å². The first-order chi connectivity index (χ1) is 9.31. The van der Waals surface area contributed by atoms with Crippen LogP contribution in [0.25, 0.3) is 0 Å². The van der Waals surface area contributed by atoms with Gasteiger partial charge in [-0.3, -0.25) is 4.79 Å². The summed E-state index contributed by atoms with van der Waals surface area (Å²) in [6, 6.07) is 9.99. The minimum Gasteiger partial charge on any atom is -0.396 e. The maximum atomic E-state index is 11.9. The van der Waals surface area contributed by atoms with Crippen LogP contribution in [0.5, 0.6) is 0 Å². The molecule has 4 nitrogen and oxygen atoms in total.